The highest BCUT2D eigenvalue weighted by Crippen LogP contribution is 2.27. The molecule has 0 bridgehead atoms. The second-order valence-electron chi connectivity index (χ2n) is 8.10. The Bertz CT molecular complexity index is 1090. The van der Waals surface area contributed by atoms with Crippen molar-refractivity contribution in [3.63, 3.8) is 0 Å². The summed E-state index contributed by atoms with van der Waals surface area (Å²) >= 11 is 0. The molecule has 0 saturated carbocycles. The van der Waals surface area contributed by atoms with Crippen molar-refractivity contribution < 1.29 is 9.53 Å². The highest BCUT2D eigenvalue weighted by Gasteiger charge is 2.28. The minimum Gasteiger partial charge on any atom is -0.496 e. The first kappa shape index (κ1) is 20.9. The Morgan fingerprint density at radius 2 is 1.84 bits per heavy atom. The highest BCUT2D eigenvalue weighted by atomic mass is 16.5. The summed E-state index contributed by atoms with van der Waals surface area (Å²) in [5.41, 5.74) is 2.97. The lowest BCUT2D eigenvalue weighted by molar-refractivity contribution is -0.131. The number of para-hydroxylation sites is 1. The van der Waals surface area contributed by atoms with Crippen molar-refractivity contribution in [3.05, 3.63) is 81.5 Å². The number of carbonyl (C=O) groups is 1. The fraction of sp³-hybridized carbons (Fsp3) is 0.375. The number of aromatic amines is 1. The van der Waals surface area contributed by atoms with Gasteiger partial charge in [-0.05, 0) is 31.4 Å². The fourth-order valence-corrected chi connectivity index (χ4v) is 4.18. The van der Waals surface area contributed by atoms with E-state index in [4.69, 9.17) is 4.74 Å². The second kappa shape index (κ2) is 9.20. The van der Waals surface area contributed by atoms with Crippen molar-refractivity contribution in [2.45, 2.75) is 38.6 Å². The van der Waals surface area contributed by atoms with Crippen molar-refractivity contribution >= 4 is 5.91 Å². The molecule has 2 aromatic carbocycles. The van der Waals surface area contributed by atoms with Gasteiger partial charge >= 0.3 is 5.69 Å². The van der Waals surface area contributed by atoms with Gasteiger partial charge in [0.2, 0.25) is 5.91 Å². The van der Waals surface area contributed by atoms with Crippen LogP contribution in [0.4, 0.5) is 0 Å². The first-order valence-electron chi connectivity index (χ1n) is 10.7. The van der Waals surface area contributed by atoms with Crippen LogP contribution in [0.3, 0.4) is 0 Å². The molecule has 1 fully saturated rings. The van der Waals surface area contributed by atoms with Gasteiger partial charge in [-0.2, -0.15) is 5.10 Å². The van der Waals surface area contributed by atoms with Gasteiger partial charge in [0.05, 0.1) is 20.1 Å². The molecule has 1 aliphatic rings. The molecular formula is C24H28N4O3. The summed E-state index contributed by atoms with van der Waals surface area (Å²) in [5, 5.41) is 6.93. The number of piperidine rings is 1. The highest BCUT2D eigenvalue weighted by molar-refractivity contribution is 5.79. The molecule has 1 aliphatic heterocycles. The maximum atomic E-state index is 12.8. The van der Waals surface area contributed by atoms with Crippen molar-refractivity contribution in [2.75, 3.05) is 20.2 Å². The third kappa shape index (κ3) is 4.71. The number of carbonyl (C=O) groups excluding carboxylic acids is 1. The number of aromatic nitrogens is 3. The number of aryl methyl sites for hydroxylation is 1. The van der Waals surface area contributed by atoms with E-state index >= 15 is 0 Å². The molecule has 3 aromatic rings. The van der Waals surface area contributed by atoms with E-state index in [0.717, 1.165) is 35.5 Å². The van der Waals surface area contributed by atoms with E-state index in [1.54, 1.807) is 11.7 Å². The van der Waals surface area contributed by atoms with Gasteiger partial charge in [0.25, 0.3) is 0 Å². The number of nitrogens with one attached hydrogen (secondary N) is 1. The molecular weight excluding hydrogens is 392 g/mol. The Kier molecular flexibility index (Phi) is 6.21. The van der Waals surface area contributed by atoms with Crippen LogP contribution in [0.5, 0.6) is 5.75 Å². The first-order valence-corrected chi connectivity index (χ1v) is 10.7. The predicted octanol–water partition coefficient (Wildman–Crippen LogP) is 2.89. The van der Waals surface area contributed by atoms with Gasteiger partial charge in [-0.25, -0.2) is 9.89 Å². The van der Waals surface area contributed by atoms with Crippen LogP contribution >= 0.6 is 0 Å². The Labute approximate surface area is 181 Å². The molecule has 162 valence electrons. The van der Waals surface area contributed by atoms with Crippen molar-refractivity contribution in [1.82, 2.24) is 19.7 Å². The molecule has 1 N–H and O–H groups in total. The largest absolute Gasteiger partial charge is 0.496 e. The molecule has 0 aliphatic carbocycles. The minimum atomic E-state index is -0.190. The average molecular weight is 421 g/mol. The molecule has 4 rings (SSSR count). The average Bonchev–Trinajstić information content (AvgIpc) is 3.16. The third-order valence-electron chi connectivity index (χ3n) is 6.00. The number of nitrogens with zero attached hydrogens (tertiary/aromatic N) is 3. The zero-order chi connectivity index (χ0) is 21.8. The molecule has 0 spiro atoms. The van der Waals surface area contributed by atoms with Gasteiger partial charge in [0.15, 0.2) is 0 Å². The maximum absolute atomic E-state index is 12.8. The van der Waals surface area contributed by atoms with E-state index in [1.165, 1.54) is 5.56 Å². The van der Waals surface area contributed by atoms with E-state index in [0.29, 0.717) is 26.1 Å². The minimum absolute atomic E-state index is 0.0991. The summed E-state index contributed by atoms with van der Waals surface area (Å²) in [6, 6.07) is 15.8. The number of rotatable bonds is 6. The molecule has 0 atom stereocenters. The number of methoxy groups -OCH3 is 1. The molecule has 31 heavy (non-hydrogen) atoms. The van der Waals surface area contributed by atoms with Crippen LogP contribution in [0, 0.1) is 6.92 Å². The molecule has 0 radical (unpaired) electrons. The van der Waals surface area contributed by atoms with E-state index in [-0.39, 0.29) is 17.5 Å². The number of hydrogen-bond donors (Lipinski definition) is 1. The zero-order valence-corrected chi connectivity index (χ0v) is 18.0. The molecule has 1 saturated heterocycles. The van der Waals surface area contributed by atoms with Gasteiger partial charge in [0, 0.05) is 24.6 Å². The van der Waals surface area contributed by atoms with Crippen LogP contribution in [0.15, 0.2) is 53.3 Å². The maximum Gasteiger partial charge on any atom is 0.343 e. The van der Waals surface area contributed by atoms with Gasteiger partial charge < -0.3 is 9.64 Å². The van der Waals surface area contributed by atoms with Gasteiger partial charge in [-0.1, -0.05) is 48.0 Å². The summed E-state index contributed by atoms with van der Waals surface area (Å²) in [6.45, 7) is 3.86. The molecule has 1 aromatic heterocycles. The normalized spacial score (nSPS) is 14.6. The third-order valence-corrected chi connectivity index (χ3v) is 6.00. The Hall–Kier alpha value is -3.35. The van der Waals surface area contributed by atoms with E-state index < -0.39 is 0 Å². The molecule has 2 heterocycles. The number of hydrogen-bond acceptors (Lipinski definition) is 4. The van der Waals surface area contributed by atoms with Gasteiger partial charge in [-0.15, -0.1) is 0 Å². The van der Waals surface area contributed by atoms with Crippen LogP contribution < -0.4 is 10.4 Å². The van der Waals surface area contributed by atoms with Crippen molar-refractivity contribution in [1.29, 1.82) is 0 Å². The summed E-state index contributed by atoms with van der Waals surface area (Å²) in [4.78, 5) is 27.1. The van der Waals surface area contributed by atoms with E-state index in [2.05, 4.69) is 10.2 Å². The smallest absolute Gasteiger partial charge is 0.343 e. The van der Waals surface area contributed by atoms with Crippen molar-refractivity contribution in [3.8, 4) is 5.75 Å². The number of benzene rings is 2. The zero-order valence-electron chi connectivity index (χ0n) is 18.0. The second-order valence-corrected chi connectivity index (χ2v) is 8.10. The van der Waals surface area contributed by atoms with Crippen LogP contribution in [-0.2, 0) is 17.8 Å². The lowest BCUT2D eigenvalue weighted by Crippen LogP contribution is -2.39. The molecule has 7 heteroatoms. The monoisotopic (exact) mass is 420 g/mol. The standard InChI is InChI=1S/C24H28N4O3/c1-17-7-9-18(10-8-17)16-28-23(25-26-24(28)30)19-11-13-27(14-12-19)22(29)15-20-5-3-4-6-21(20)31-2/h3-10,19H,11-16H2,1-2H3,(H,26,30). The van der Waals surface area contributed by atoms with E-state index in [9.17, 15) is 9.59 Å². The number of likely N-dealkylation sites (tertiary alicyclic amines) is 1. The Balaban J connectivity index is 1.40. The number of ether oxygens (including phenoxy) is 1. The van der Waals surface area contributed by atoms with Crippen molar-refractivity contribution in [2.24, 2.45) is 0 Å². The number of amides is 1. The Morgan fingerprint density at radius 3 is 2.55 bits per heavy atom. The molecule has 0 unspecified atom stereocenters. The summed E-state index contributed by atoms with van der Waals surface area (Å²) in [7, 11) is 1.62. The Morgan fingerprint density at radius 1 is 1.13 bits per heavy atom. The quantitative estimate of drug-likeness (QED) is 0.665. The topological polar surface area (TPSA) is 80.2 Å². The SMILES string of the molecule is COc1ccccc1CC(=O)N1CCC(c2n[nH]c(=O)n2Cc2ccc(C)cc2)CC1. The number of H-pyrrole nitrogens is 1. The van der Waals surface area contributed by atoms with E-state index in [1.807, 2.05) is 60.4 Å². The lowest BCUT2D eigenvalue weighted by Gasteiger charge is -2.31. The predicted molar refractivity (Wildman–Crippen MR) is 118 cm³/mol. The summed E-state index contributed by atoms with van der Waals surface area (Å²) in [5.74, 6) is 1.77. The summed E-state index contributed by atoms with van der Waals surface area (Å²) < 4.78 is 7.09. The van der Waals surface area contributed by atoms with Crippen LogP contribution in [0.1, 0.15) is 41.3 Å². The molecule has 7 nitrogen and oxygen atoms in total. The van der Waals surface area contributed by atoms with Crippen LogP contribution in [0.25, 0.3) is 0 Å². The fourth-order valence-electron chi connectivity index (χ4n) is 4.18. The lowest BCUT2D eigenvalue weighted by atomic mass is 9.95. The van der Waals surface area contributed by atoms with Crippen LogP contribution in [-0.4, -0.2) is 45.8 Å². The van der Waals surface area contributed by atoms with Crippen LogP contribution in [0.2, 0.25) is 0 Å². The van der Waals surface area contributed by atoms with Gasteiger partial charge in [0.1, 0.15) is 11.6 Å². The molecule has 1 amide bonds. The first-order chi connectivity index (χ1) is 15.0. The summed E-state index contributed by atoms with van der Waals surface area (Å²) in [6.07, 6.45) is 1.90. The van der Waals surface area contributed by atoms with Gasteiger partial charge in [-0.3, -0.25) is 9.36 Å².